The number of imidazole rings is 1. The number of benzene rings is 1. The largest absolute Gasteiger partial charge is 0.494 e. The molecule has 1 aromatic carbocycles. The van der Waals surface area contributed by atoms with Gasteiger partial charge in [-0.1, -0.05) is 6.92 Å². The van der Waals surface area contributed by atoms with E-state index in [4.69, 9.17) is 10.5 Å². The van der Waals surface area contributed by atoms with Crippen molar-refractivity contribution in [3.63, 3.8) is 0 Å². The van der Waals surface area contributed by atoms with Crippen molar-refractivity contribution in [1.82, 2.24) is 9.38 Å². The van der Waals surface area contributed by atoms with Gasteiger partial charge in [-0.05, 0) is 36.2 Å². The molecule has 0 aliphatic heterocycles. The SMILES string of the molecule is CCCOc1ccc(-c2csc3cnc(N)n23)cc1. The average Bonchev–Trinajstić information content (AvgIpc) is 3.01. The predicted octanol–water partition coefficient (Wildman–Crippen LogP) is 3.43. The summed E-state index contributed by atoms with van der Waals surface area (Å²) in [5.41, 5.74) is 8.07. The fourth-order valence-electron chi connectivity index (χ4n) is 1.98. The van der Waals surface area contributed by atoms with Crippen molar-refractivity contribution < 1.29 is 4.74 Å². The molecule has 2 aromatic heterocycles. The maximum atomic E-state index is 5.89. The van der Waals surface area contributed by atoms with Gasteiger partial charge >= 0.3 is 0 Å². The third-order valence-corrected chi connectivity index (χ3v) is 3.78. The van der Waals surface area contributed by atoms with Crippen LogP contribution in [0.3, 0.4) is 0 Å². The van der Waals surface area contributed by atoms with E-state index in [0.29, 0.717) is 5.95 Å². The van der Waals surface area contributed by atoms with E-state index < -0.39 is 0 Å². The highest BCUT2D eigenvalue weighted by atomic mass is 32.1. The second kappa shape index (κ2) is 4.93. The van der Waals surface area contributed by atoms with Crippen LogP contribution in [-0.2, 0) is 0 Å². The van der Waals surface area contributed by atoms with Crippen LogP contribution in [-0.4, -0.2) is 16.0 Å². The first-order valence-corrected chi connectivity index (χ1v) is 7.11. The first-order chi connectivity index (χ1) is 9.29. The second-order valence-corrected chi connectivity index (χ2v) is 5.17. The average molecular weight is 273 g/mol. The maximum Gasteiger partial charge on any atom is 0.206 e. The molecular weight excluding hydrogens is 258 g/mol. The standard InChI is InChI=1S/C14H15N3OS/c1-2-7-18-11-5-3-10(4-6-11)12-9-19-13-8-16-14(15)17(12)13/h3-6,8-9H,2,7H2,1H3,(H2,15,16). The van der Waals surface area contributed by atoms with E-state index in [1.165, 1.54) is 0 Å². The number of nitrogens with two attached hydrogens (primary N) is 1. The van der Waals surface area contributed by atoms with Crippen LogP contribution in [0.15, 0.2) is 35.8 Å². The Labute approximate surface area is 115 Å². The molecular formula is C14H15N3OS. The van der Waals surface area contributed by atoms with E-state index in [0.717, 1.165) is 34.9 Å². The highest BCUT2D eigenvalue weighted by Gasteiger charge is 2.09. The highest BCUT2D eigenvalue weighted by Crippen LogP contribution is 2.29. The van der Waals surface area contributed by atoms with Crippen LogP contribution in [0, 0.1) is 0 Å². The van der Waals surface area contributed by atoms with Crippen LogP contribution in [0.25, 0.3) is 16.1 Å². The molecule has 3 aromatic rings. The number of ether oxygens (including phenoxy) is 1. The molecule has 2 N–H and O–H groups in total. The van der Waals surface area contributed by atoms with E-state index in [2.05, 4.69) is 17.3 Å². The summed E-state index contributed by atoms with van der Waals surface area (Å²) in [5.74, 6) is 1.42. The lowest BCUT2D eigenvalue weighted by molar-refractivity contribution is 0.317. The third kappa shape index (κ3) is 2.17. The van der Waals surface area contributed by atoms with Gasteiger partial charge in [-0.15, -0.1) is 11.3 Å². The highest BCUT2D eigenvalue weighted by molar-refractivity contribution is 7.16. The number of nitrogens with zero attached hydrogens (tertiary/aromatic N) is 2. The van der Waals surface area contributed by atoms with Gasteiger partial charge in [0.15, 0.2) is 0 Å². The van der Waals surface area contributed by atoms with Crippen LogP contribution in [0.4, 0.5) is 5.95 Å². The van der Waals surface area contributed by atoms with Crippen molar-refractivity contribution >= 4 is 22.1 Å². The summed E-state index contributed by atoms with van der Waals surface area (Å²) in [4.78, 5) is 5.18. The van der Waals surface area contributed by atoms with Crippen molar-refractivity contribution in [2.24, 2.45) is 0 Å². The molecule has 98 valence electrons. The number of hydrogen-bond donors (Lipinski definition) is 1. The first kappa shape index (κ1) is 12.0. The van der Waals surface area contributed by atoms with Gasteiger partial charge in [0, 0.05) is 5.38 Å². The predicted molar refractivity (Wildman–Crippen MR) is 78.7 cm³/mol. The molecule has 0 unspecified atom stereocenters. The zero-order valence-corrected chi connectivity index (χ0v) is 11.5. The first-order valence-electron chi connectivity index (χ1n) is 6.23. The molecule has 2 heterocycles. The lowest BCUT2D eigenvalue weighted by Gasteiger charge is -2.06. The lowest BCUT2D eigenvalue weighted by Crippen LogP contribution is -1.96. The molecule has 19 heavy (non-hydrogen) atoms. The van der Waals surface area contributed by atoms with Crippen molar-refractivity contribution in [2.45, 2.75) is 13.3 Å². The van der Waals surface area contributed by atoms with Crippen LogP contribution < -0.4 is 10.5 Å². The fraction of sp³-hybridized carbons (Fsp3) is 0.214. The smallest absolute Gasteiger partial charge is 0.206 e. The number of rotatable bonds is 4. The Morgan fingerprint density at radius 2 is 2.11 bits per heavy atom. The number of hydrogen-bond acceptors (Lipinski definition) is 4. The quantitative estimate of drug-likeness (QED) is 0.792. The number of thiazole rings is 1. The van der Waals surface area contributed by atoms with Gasteiger partial charge in [-0.2, -0.15) is 0 Å². The van der Waals surface area contributed by atoms with Gasteiger partial charge in [0.25, 0.3) is 0 Å². The van der Waals surface area contributed by atoms with Gasteiger partial charge in [0.1, 0.15) is 10.6 Å². The molecule has 0 amide bonds. The Morgan fingerprint density at radius 3 is 2.84 bits per heavy atom. The monoisotopic (exact) mass is 273 g/mol. The van der Waals surface area contributed by atoms with Gasteiger partial charge in [0.2, 0.25) is 5.95 Å². The van der Waals surface area contributed by atoms with E-state index in [9.17, 15) is 0 Å². The summed E-state index contributed by atoms with van der Waals surface area (Å²) in [5, 5.41) is 2.09. The molecule has 4 nitrogen and oxygen atoms in total. The molecule has 0 aliphatic rings. The van der Waals surface area contributed by atoms with Crippen LogP contribution in [0.5, 0.6) is 5.75 Å². The maximum absolute atomic E-state index is 5.89. The number of nitrogen functional groups attached to an aromatic ring is 1. The normalized spacial score (nSPS) is 11.0. The molecule has 0 spiro atoms. The van der Waals surface area contributed by atoms with Gasteiger partial charge in [-0.3, -0.25) is 4.40 Å². The zero-order valence-electron chi connectivity index (χ0n) is 10.7. The van der Waals surface area contributed by atoms with E-state index in [1.807, 2.05) is 28.7 Å². The molecule has 0 atom stereocenters. The Bertz CT molecular complexity index is 684. The molecule has 5 heteroatoms. The lowest BCUT2D eigenvalue weighted by atomic mass is 10.1. The van der Waals surface area contributed by atoms with Crippen LogP contribution in [0.1, 0.15) is 13.3 Å². The molecule has 0 fully saturated rings. The topological polar surface area (TPSA) is 52.5 Å². The summed E-state index contributed by atoms with van der Waals surface area (Å²) < 4.78 is 7.55. The molecule has 0 saturated carbocycles. The number of aromatic nitrogens is 2. The summed E-state index contributed by atoms with van der Waals surface area (Å²) in [7, 11) is 0. The third-order valence-electron chi connectivity index (χ3n) is 2.91. The van der Waals surface area contributed by atoms with E-state index in [1.54, 1.807) is 17.5 Å². The minimum atomic E-state index is 0.526. The van der Waals surface area contributed by atoms with Gasteiger partial charge in [-0.25, -0.2) is 4.98 Å². The molecule has 0 saturated heterocycles. The van der Waals surface area contributed by atoms with Crippen molar-refractivity contribution in [2.75, 3.05) is 12.3 Å². The van der Waals surface area contributed by atoms with Crippen molar-refractivity contribution in [3.8, 4) is 17.0 Å². The summed E-state index contributed by atoms with van der Waals surface area (Å²) in [6, 6.07) is 8.07. The fourth-order valence-corrected chi connectivity index (χ4v) is 2.87. The summed E-state index contributed by atoms with van der Waals surface area (Å²) in [6.45, 7) is 2.84. The molecule has 0 bridgehead atoms. The summed E-state index contributed by atoms with van der Waals surface area (Å²) >= 11 is 1.64. The zero-order chi connectivity index (χ0) is 13.2. The van der Waals surface area contributed by atoms with Gasteiger partial charge < -0.3 is 10.5 Å². The van der Waals surface area contributed by atoms with E-state index in [-0.39, 0.29) is 0 Å². The minimum absolute atomic E-state index is 0.526. The number of fused-ring (bicyclic) bond motifs is 1. The molecule has 0 aliphatic carbocycles. The van der Waals surface area contributed by atoms with Gasteiger partial charge in [0.05, 0.1) is 18.5 Å². The number of anilines is 1. The molecule has 3 rings (SSSR count). The second-order valence-electron chi connectivity index (χ2n) is 4.28. The van der Waals surface area contributed by atoms with Crippen molar-refractivity contribution in [1.29, 1.82) is 0 Å². The Morgan fingerprint density at radius 1 is 1.32 bits per heavy atom. The molecule has 0 radical (unpaired) electrons. The Balaban J connectivity index is 1.95. The minimum Gasteiger partial charge on any atom is -0.494 e. The van der Waals surface area contributed by atoms with E-state index >= 15 is 0 Å². The Kier molecular flexibility index (Phi) is 3.13. The van der Waals surface area contributed by atoms with Crippen LogP contribution in [0.2, 0.25) is 0 Å². The van der Waals surface area contributed by atoms with Crippen LogP contribution >= 0.6 is 11.3 Å². The summed E-state index contributed by atoms with van der Waals surface area (Å²) in [6.07, 6.45) is 2.81. The Hall–Kier alpha value is -2.01. The van der Waals surface area contributed by atoms with Crippen molar-refractivity contribution in [3.05, 3.63) is 35.8 Å².